The van der Waals surface area contributed by atoms with E-state index in [1.807, 2.05) is 24.3 Å². The molecule has 0 unspecified atom stereocenters. The average Bonchev–Trinajstić information content (AvgIpc) is 3.10. The van der Waals surface area contributed by atoms with E-state index in [4.69, 9.17) is 4.74 Å². The van der Waals surface area contributed by atoms with Crippen LogP contribution >= 0.6 is 23.3 Å². The van der Waals surface area contributed by atoms with Gasteiger partial charge in [0, 0.05) is 18.0 Å². The van der Waals surface area contributed by atoms with Crippen LogP contribution in [0.4, 0.5) is 5.82 Å². The Kier molecular flexibility index (Phi) is 5.34. The van der Waals surface area contributed by atoms with Gasteiger partial charge < -0.3 is 10.1 Å². The summed E-state index contributed by atoms with van der Waals surface area (Å²) in [5, 5.41) is 2.67. The van der Waals surface area contributed by atoms with Crippen molar-refractivity contribution in [2.45, 2.75) is 4.34 Å². The van der Waals surface area contributed by atoms with Crippen molar-refractivity contribution in [2.24, 2.45) is 0 Å². The lowest BCUT2D eigenvalue weighted by Crippen LogP contribution is -2.14. The Balaban J connectivity index is 1.56. The molecule has 2 heterocycles. The number of hydrogen-bond acceptors (Lipinski definition) is 8. The van der Waals surface area contributed by atoms with Crippen LogP contribution < -0.4 is 10.1 Å². The molecule has 0 atom stereocenters. The van der Waals surface area contributed by atoms with Crippen molar-refractivity contribution in [1.82, 2.24) is 19.3 Å². The Morgan fingerprint density at radius 2 is 2.12 bits per heavy atom. The predicted octanol–water partition coefficient (Wildman–Crippen LogP) is 2.73. The van der Waals surface area contributed by atoms with Gasteiger partial charge >= 0.3 is 0 Å². The molecule has 7 nitrogen and oxygen atoms in total. The molecular formula is C15H13N5O2S2. The molecule has 0 aliphatic rings. The molecule has 9 heteroatoms. The molecule has 122 valence electrons. The van der Waals surface area contributed by atoms with Gasteiger partial charge in [-0.3, -0.25) is 9.78 Å². The molecule has 0 bridgehead atoms. The summed E-state index contributed by atoms with van der Waals surface area (Å²) in [6.45, 7) is 0. The zero-order valence-corrected chi connectivity index (χ0v) is 14.3. The zero-order chi connectivity index (χ0) is 16.8. The highest BCUT2D eigenvalue weighted by Gasteiger charge is 2.10. The number of nitrogens with one attached hydrogen (secondary N) is 1. The minimum absolute atomic E-state index is 0.165. The molecule has 3 aromatic rings. The lowest BCUT2D eigenvalue weighted by Gasteiger charge is -2.01. The Morgan fingerprint density at radius 1 is 1.29 bits per heavy atom. The highest BCUT2D eigenvalue weighted by atomic mass is 32.2. The first kappa shape index (κ1) is 16.3. The highest BCUT2D eigenvalue weighted by molar-refractivity contribution is 8.01. The van der Waals surface area contributed by atoms with Crippen molar-refractivity contribution >= 4 is 35.0 Å². The van der Waals surface area contributed by atoms with Gasteiger partial charge in [-0.2, -0.15) is 4.37 Å². The third-order valence-electron chi connectivity index (χ3n) is 2.91. The monoisotopic (exact) mass is 359 g/mol. The van der Waals surface area contributed by atoms with Crippen molar-refractivity contribution in [3.63, 3.8) is 0 Å². The number of aromatic nitrogens is 4. The Morgan fingerprint density at radius 3 is 2.83 bits per heavy atom. The lowest BCUT2D eigenvalue weighted by atomic mass is 10.2. The molecule has 0 aliphatic heterocycles. The van der Waals surface area contributed by atoms with Gasteiger partial charge in [-0.25, -0.2) is 9.97 Å². The fourth-order valence-electron chi connectivity index (χ4n) is 1.80. The Bertz CT molecular complexity index is 808. The van der Waals surface area contributed by atoms with Crippen LogP contribution in [0.2, 0.25) is 0 Å². The summed E-state index contributed by atoms with van der Waals surface area (Å²) in [5.74, 6) is 1.91. The second-order valence-electron chi connectivity index (χ2n) is 4.54. The number of anilines is 1. The standard InChI is InChI=1S/C15H13N5O2S2/c1-22-11-4-2-10(3-5-11)14-19-15(24-20-14)23-9-13(21)18-12-8-16-6-7-17-12/h2-8H,9H2,1H3,(H,17,18,21). The maximum atomic E-state index is 11.9. The number of ether oxygens (including phenoxy) is 1. The third-order valence-corrected chi connectivity index (χ3v) is 4.75. The Labute approximate surface area is 146 Å². The van der Waals surface area contributed by atoms with Crippen molar-refractivity contribution in [2.75, 3.05) is 18.2 Å². The molecule has 1 N–H and O–H groups in total. The largest absolute Gasteiger partial charge is 0.497 e. The van der Waals surface area contributed by atoms with E-state index in [0.29, 0.717) is 11.6 Å². The van der Waals surface area contributed by atoms with E-state index in [-0.39, 0.29) is 11.7 Å². The van der Waals surface area contributed by atoms with E-state index in [2.05, 4.69) is 24.6 Å². The van der Waals surface area contributed by atoms with Gasteiger partial charge in [-0.1, -0.05) is 11.8 Å². The van der Waals surface area contributed by atoms with Crippen LogP contribution in [0.1, 0.15) is 0 Å². The number of carbonyl (C=O) groups is 1. The summed E-state index contributed by atoms with van der Waals surface area (Å²) >= 11 is 2.60. The molecule has 0 radical (unpaired) electrons. The summed E-state index contributed by atoms with van der Waals surface area (Å²) in [7, 11) is 1.62. The van der Waals surface area contributed by atoms with Crippen molar-refractivity contribution in [3.05, 3.63) is 42.9 Å². The van der Waals surface area contributed by atoms with E-state index in [1.165, 1.54) is 35.7 Å². The summed E-state index contributed by atoms with van der Waals surface area (Å²) < 4.78 is 10.2. The highest BCUT2D eigenvalue weighted by Crippen LogP contribution is 2.26. The average molecular weight is 359 g/mol. The lowest BCUT2D eigenvalue weighted by molar-refractivity contribution is -0.113. The van der Waals surface area contributed by atoms with E-state index >= 15 is 0 Å². The maximum Gasteiger partial charge on any atom is 0.236 e. The van der Waals surface area contributed by atoms with Gasteiger partial charge in [0.05, 0.1) is 19.1 Å². The third kappa shape index (κ3) is 4.27. The number of thioether (sulfide) groups is 1. The number of benzene rings is 1. The number of hydrogen-bond donors (Lipinski definition) is 1. The summed E-state index contributed by atoms with van der Waals surface area (Å²) in [6.07, 6.45) is 4.57. The topological polar surface area (TPSA) is 89.9 Å². The van der Waals surface area contributed by atoms with Gasteiger partial charge in [0.2, 0.25) is 5.91 Å². The van der Waals surface area contributed by atoms with Crippen molar-refractivity contribution in [1.29, 1.82) is 0 Å². The van der Waals surface area contributed by atoms with Crippen molar-refractivity contribution in [3.8, 4) is 17.1 Å². The molecule has 0 aliphatic carbocycles. The molecule has 1 aromatic carbocycles. The van der Waals surface area contributed by atoms with Gasteiger partial charge in [0.15, 0.2) is 16.0 Å². The number of carbonyl (C=O) groups excluding carboxylic acids is 1. The Hall–Kier alpha value is -2.52. The normalized spacial score (nSPS) is 10.4. The number of amides is 1. The molecule has 24 heavy (non-hydrogen) atoms. The van der Waals surface area contributed by atoms with Crippen LogP contribution in [0.3, 0.4) is 0 Å². The van der Waals surface area contributed by atoms with Crippen LogP contribution in [0.5, 0.6) is 5.75 Å². The quantitative estimate of drug-likeness (QED) is 0.677. The minimum Gasteiger partial charge on any atom is -0.497 e. The number of methoxy groups -OCH3 is 1. The number of rotatable bonds is 6. The SMILES string of the molecule is COc1ccc(-c2nsc(SCC(=O)Nc3cnccn3)n2)cc1. The summed E-state index contributed by atoms with van der Waals surface area (Å²) in [6, 6.07) is 7.52. The first-order valence-electron chi connectivity index (χ1n) is 6.91. The summed E-state index contributed by atoms with van der Waals surface area (Å²) in [5.41, 5.74) is 0.905. The van der Waals surface area contributed by atoms with Crippen LogP contribution in [-0.2, 0) is 4.79 Å². The van der Waals surface area contributed by atoms with Crippen LogP contribution in [-0.4, -0.2) is 38.1 Å². The van der Waals surface area contributed by atoms with E-state index in [9.17, 15) is 4.79 Å². The molecule has 0 fully saturated rings. The van der Waals surface area contributed by atoms with E-state index in [1.54, 1.807) is 13.3 Å². The van der Waals surface area contributed by atoms with Crippen molar-refractivity contribution < 1.29 is 9.53 Å². The molecule has 0 spiro atoms. The number of nitrogens with zero attached hydrogens (tertiary/aromatic N) is 4. The second-order valence-corrected chi connectivity index (χ2v) is 6.51. The van der Waals surface area contributed by atoms with Gasteiger partial charge in [0.1, 0.15) is 5.75 Å². The molecule has 2 aromatic heterocycles. The summed E-state index contributed by atoms with van der Waals surface area (Å²) in [4.78, 5) is 24.2. The predicted molar refractivity (Wildman–Crippen MR) is 93.3 cm³/mol. The van der Waals surface area contributed by atoms with Gasteiger partial charge in [-0.15, -0.1) is 0 Å². The van der Waals surface area contributed by atoms with E-state index < -0.39 is 0 Å². The first-order chi connectivity index (χ1) is 11.7. The molecular weight excluding hydrogens is 346 g/mol. The van der Waals surface area contributed by atoms with Crippen LogP contribution in [0.25, 0.3) is 11.4 Å². The fraction of sp³-hybridized carbons (Fsp3) is 0.133. The second kappa shape index (κ2) is 7.84. The van der Waals surface area contributed by atoms with Crippen LogP contribution in [0, 0.1) is 0 Å². The van der Waals surface area contributed by atoms with Gasteiger partial charge in [-0.05, 0) is 35.8 Å². The van der Waals surface area contributed by atoms with Crippen LogP contribution in [0.15, 0.2) is 47.2 Å². The first-order valence-corrected chi connectivity index (χ1v) is 8.67. The van der Waals surface area contributed by atoms with Gasteiger partial charge in [0.25, 0.3) is 0 Å². The molecule has 1 amide bonds. The fourth-order valence-corrected chi connectivity index (χ4v) is 3.21. The maximum absolute atomic E-state index is 11.9. The smallest absolute Gasteiger partial charge is 0.236 e. The molecule has 0 saturated heterocycles. The zero-order valence-electron chi connectivity index (χ0n) is 12.7. The van der Waals surface area contributed by atoms with E-state index in [0.717, 1.165) is 15.7 Å². The molecule has 0 saturated carbocycles. The molecule has 3 rings (SSSR count). The minimum atomic E-state index is -0.165.